The first-order valence-corrected chi connectivity index (χ1v) is 8.44. The minimum Gasteiger partial charge on any atom is -0.342 e. The van der Waals surface area contributed by atoms with Crippen LogP contribution in [-0.4, -0.2) is 46.3 Å². The van der Waals surface area contributed by atoms with Crippen molar-refractivity contribution in [1.29, 1.82) is 0 Å². The standard InChI is InChI=1S/C14H24N2O2S/c1-4-14(2)13(18)16(8-7-12(17)15-14)10-5-6-11(9-10)19-3/h10-11H,4-9H2,1-3H3,(H,15,17). The van der Waals surface area contributed by atoms with Crippen molar-refractivity contribution in [2.45, 2.75) is 62.8 Å². The van der Waals surface area contributed by atoms with Crippen LogP contribution in [0.2, 0.25) is 0 Å². The van der Waals surface area contributed by atoms with Crippen molar-refractivity contribution in [3.05, 3.63) is 0 Å². The number of hydrogen-bond acceptors (Lipinski definition) is 3. The van der Waals surface area contributed by atoms with Gasteiger partial charge in [0.05, 0.1) is 0 Å². The summed E-state index contributed by atoms with van der Waals surface area (Å²) < 4.78 is 0. The minimum absolute atomic E-state index is 0.000358. The molecule has 0 aromatic rings. The Morgan fingerprint density at radius 2 is 2.16 bits per heavy atom. The van der Waals surface area contributed by atoms with E-state index in [1.165, 1.54) is 6.42 Å². The van der Waals surface area contributed by atoms with Crippen molar-refractivity contribution in [2.75, 3.05) is 12.8 Å². The monoisotopic (exact) mass is 284 g/mol. The fourth-order valence-corrected chi connectivity index (χ4v) is 3.85. The summed E-state index contributed by atoms with van der Waals surface area (Å²) in [6.45, 7) is 4.39. The van der Waals surface area contributed by atoms with Crippen molar-refractivity contribution in [3.63, 3.8) is 0 Å². The van der Waals surface area contributed by atoms with Crippen LogP contribution in [0.1, 0.15) is 46.0 Å². The molecule has 19 heavy (non-hydrogen) atoms. The Balaban J connectivity index is 2.15. The molecule has 1 N–H and O–H groups in total. The smallest absolute Gasteiger partial charge is 0.248 e. The van der Waals surface area contributed by atoms with Crippen LogP contribution in [-0.2, 0) is 9.59 Å². The zero-order valence-corrected chi connectivity index (χ0v) is 12.9. The van der Waals surface area contributed by atoms with Crippen LogP contribution in [0.3, 0.4) is 0 Å². The maximum Gasteiger partial charge on any atom is 0.248 e. The van der Waals surface area contributed by atoms with Crippen LogP contribution in [0.25, 0.3) is 0 Å². The van der Waals surface area contributed by atoms with Crippen LogP contribution in [0.5, 0.6) is 0 Å². The first-order chi connectivity index (χ1) is 9.00. The van der Waals surface area contributed by atoms with Gasteiger partial charge in [-0.3, -0.25) is 9.59 Å². The van der Waals surface area contributed by atoms with Crippen LogP contribution in [0, 0.1) is 0 Å². The molecule has 0 spiro atoms. The van der Waals surface area contributed by atoms with Gasteiger partial charge in [-0.2, -0.15) is 11.8 Å². The molecule has 1 heterocycles. The predicted molar refractivity (Wildman–Crippen MR) is 78.1 cm³/mol. The lowest BCUT2D eigenvalue weighted by molar-refractivity contribution is -0.140. The molecule has 3 unspecified atom stereocenters. The van der Waals surface area contributed by atoms with Gasteiger partial charge in [-0.15, -0.1) is 0 Å². The van der Waals surface area contributed by atoms with Crippen LogP contribution >= 0.6 is 11.8 Å². The summed E-state index contributed by atoms with van der Waals surface area (Å²) in [5, 5.41) is 3.56. The molecular formula is C14H24N2O2S. The van der Waals surface area contributed by atoms with E-state index in [9.17, 15) is 9.59 Å². The maximum absolute atomic E-state index is 12.7. The van der Waals surface area contributed by atoms with E-state index in [2.05, 4.69) is 11.6 Å². The number of carbonyl (C=O) groups is 2. The van der Waals surface area contributed by atoms with Crippen molar-refractivity contribution in [3.8, 4) is 0 Å². The summed E-state index contributed by atoms with van der Waals surface area (Å²) in [6, 6.07) is 0.323. The molecule has 0 radical (unpaired) electrons. The van der Waals surface area contributed by atoms with Gasteiger partial charge in [-0.05, 0) is 38.9 Å². The second-order valence-corrected chi connectivity index (χ2v) is 6.95. The third-order valence-corrected chi connectivity index (χ3v) is 5.66. The van der Waals surface area contributed by atoms with Crippen molar-refractivity contribution < 1.29 is 9.59 Å². The Kier molecular flexibility index (Phi) is 4.43. The zero-order valence-electron chi connectivity index (χ0n) is 12.1. The molecule has 0 aromatic heterocycles. The number of nitrogens with zero attached hydrogens (tertiary/aromatic N) is 1. The lowest BCUT2D eigenvalue weighted by atomic mass is 9.96. The number of nitrogens with one attached hydrogen (secondary N) is 1. The topological polar surface area (TPSA) is 49.4 Å². The Morgan fingerprint density at radius 1 is 1.42 bits per heavy atom. The van der Waals surface area contributed by atoms with Crippen LogP contribution in [0.4, 0.5) is 0 Å². The molecule has 0 bridgehead atoms. The molecule has 4 nitrogen and oxygen atoms in total. The summed E-state index contributed by atoms with van der Waals surface area (Å²) in [4.78, 5) is 26.5. The van der Waals surface area contributed by atoms with E-state index < -0.39 is 5.54 Å². The highest BCUT2D eigenvalue weighted by Crippen LogP contribution is 2.33. The molecule has 1 aliphatic heterocycles. The fraction of sp³-hybridized carbons (Fsp3) is 0.857. The molecule has 5 heteroatoms. The van der Waals surface area contributed by atoms with E-state index in [-0.39, 0.29) is 11.8 Å². The second kappa shape index (κ2) is 5.73. The number of rotatable bonds is 3. The van der Waals surface area contributed by atoms with Gasteiger partial charge in [0.2, 0.25) is 11.8 Å². The summed E-state index contributed by atoms with van der Waals surface area (Å²) in [5.74, 6) is 0.104. The van der Waals surface area contributed by atoms with Crippen LogP contribution < -0.4 is 5.32 Å². The summed E-state index contributed by atoms with van der Waals surface area (Å²) in [6.07, 6.45) is 6.54. The molecule has 1 saturated carbocycles. The molecule has 2 rings (SSSR count). The Labute approximate surface area is 119 Å². The van der Waals surface area contributed by atoms with Gasteiger partial charge >= 0.3 is 0 Å². The first-order valence-electron chi connectivity index (χ1n) is 7.15. The van der Waals surface area contributed by atoms with E-state index in [0.29, 0.717) is 30.7 Å². The molecule has 108 valence electrons. The highest BCUT2D eigenvalue weighted by atomic mass is 32.2. The average Bonchev–Trinajstić information content (AvgIpc) is 2.83. The fourth-order valence-electron chi connectivity index (χ4n) is 3.07. The number of thioether (sulfide) groups is 1. The van der Waals surface area contributed by atoms with Gasteiger partial charge in [-0.25, -0.2) is 0 Å². The van der Waals surface area contributed by atoms with Crippen LogP contribution in [0.15, 0.2) is 0 Å². The summed E-state index contributed by atoms with van der Waals surface area (Å²) in [7, 11) is 0. The zero-order chi connectivity index (χ0) is 14.0. The van der Waals surface area contributed by atoms with E-state index in [4.69, 9.17) is 0 Å². The van der Waals surface area contributed by atoms with Gasteiger partial charge in [-0.1, -0.05) is 6.92 Å². The third kappa shape index (κ3) is 2.91. The normalized spacial score (nSPS) is 36.3. The first kappa shape index (κ1) is 14.7. The minimum atomic E-state index is -0.717. The number of carbonyl (C=O) groups excluding carboxylic acids is 2. The quantitative estimate of drug-likeness (QED) is 0.859. The Bertz CT molecular complexity index is 374. The lowest BCUT2D eigenvalue weighted by Crippen LogP contribution is -2.56. The van der Waals surface area contributed by atoms with E-state index in [1.54, 1.807) is 0 Å². The van der Waals surface area contributed by atoms with E-state index >= 15 is 0 Å². The van der Waals surface area contributed by atoms with E-state index in [0.717, 1.165) is 12.8 Å². The average molecular weight is 284 g/mol. The van der Waals surface area contributed by atoms with Gasteiger partial charge < -0.3 is 10.2 Å². The Hall–Kier alpha value is -0.710. The number of amides is 2. The Morgan fingerprint density at radius 3 is 2.74 bits per heavy atom. The number of hydrogen-bond donors (Lipinski definition) is 1. The van der Waals surface area contributed by atoms with Gasteiger partial charge in [0.25, 0.3) is 0 Å². The maximum atomic E-state index is 12.7. The lowest BCUT2D eigenvalue weighted by Gasteiger charge is -2.34. The molecule has 2 aliphatic rings. The van der Waals surface area contributed by atoms with E-state index in [1.807, 2.05) is 30.5 Å². The largest absolute Gasteiger partial charge is 0.342 e. The molecule has 2 amide bonds. The third-order valence-electron chi connectivity index (χ3n) is 4.57. The van der Waals surface area contributed by atoms with Crippen molar-refractivity contribution in [1.82, 2.24) is 10.2 Å². The molecule has 2 fully saturated rings. The molecule has 3 atom stereocenters. The highest BCUT2D eigenvalue weighted by molar-refractivity contribution is 7.99. The predicted octanol–water partition coefficient (Wildman–Crippen LogP) is 1.79. The van der Waals surface area contributed by atoms with Gasteiger partial charge in [0.1, 0.15) is 5.54 Å². The highest BCUT2D eigenvalue weighted by Gasteiger charge is 2.42. The van der Waals surface area contributed by atoms with Gasteiger partial charge in [0, 0.05) is 24.3 Å². The molecular weight excluding hydrogens is 260 g/mol. The summed E-state index contributed by atoms with van der Waals surface area (Å²) >= 11 is 1.89. The molecule has 0 aromatic carbocycles. The summed E-state index contributed by atoms with van der Waals surface area (Å²) in [5.41, 5.74) is -0.717. The van der Waals surface area contributed by atoms with Gasteiger partial charge in [0.15, 0.2) is 0 Å². The molecule has 1 aliphatic carbocycles. The SMILES string of the molecule is CCC1(C)NC(=O)CCN(C2CCC(SC)C2)C1=O. The second-order valence-electron chi connectivity index (χ2n) is 5.81. The van der Waals surface area contributed by atoms with Crippen molar-refractivity contribution >= 4 is 23.6 Å². The molecule has 1 saturated heterocycles. The van der Waals surface area contributed by atoms with Crippen molar-refractivity contribution in [2.24, 2.45) is 0 Å².